The Kier molecular flexibility index (Phi) is 5.38. The highest BCUT2D eigenvalue weighted by Crippen LogP contribution is 2.29. The first-order chi connectivity index (χ1) is 14.8. The number of benzene rings is 2. The van der Waals surface area contributed by atoms with Crippen LogP contribution in [0.1, 0.15) is 30.0 Å². The fourth-order valence-corrected chi connectivity index (χ4v) is 4.66. The predicted molar refractivity (Wildman–Crippen MR) is 125 cm³/mol. The lowest BCUT2D eigenvalue weighted by atomic mass is 10.1. The lowest BCUT2D eigenvalue weighted by molar-refractivity contribution is 0.509. The number of H-pyrrole nitrogens is 1. The number of hydrogen-bond acceptors (Lipinski definition) is 6. The number of fused-ring (bicyclic) bond motifs is 1. The van der Waals surface area contributed by atoms with Gasteiger partial charge in [0, 0.05) is 54.8 Å². The molecule has 2 N–H and O–H groups in total. The fraction of sp³-hybridized carbons (Fsp3) is 0.261. The van der Waals surface area contributed by atoms with Crippen LogP contribution in [0, 0.1) is 0 Å². The van der Waals surface area contributed by atoms with E-state index in [9.17, 15) is 0 Å². The summed E-state index contributed by atoms with van der Waals surface area (Å²) in [5.41, 5.74) is 7.15. The van der Waals surface area contributed by atoms with Gasteiger partial charge in [-0.05, 0) is 34.9 Å². The zero-order valence-electron chi connectivity index (χ0n) is 16.9. The molecule has 0 saturated carbocycles. The van der Waals surface area contributed by atoms with Crippen molar-refractivity contribution in [1.82, 2.24) is 14.5 Å². The highest BCUT2D eigenvalue weighted by molar-refractivity contribution is 7.96. The SMILES string of the molecule is CCSN1Cc2ccc(C3=NCCC(Nc4ccc(-c5cn[nH]c5)cc4)=N3)cc2C1. The highest BCUT2D eigenvalue weighted by atomic mass is 32.2. The Morgan fingerprint density at radius 1 is 1.03 bits per heavy atom. The molecule has 0 fully saturated rings. The quantitative estimate of drug-likeness (QED) is 0.591. The maximum atomic E-state index is 4.82. The van der Waals surface area contributed by atoms with Gasteiger partial charge in [0.1, 0.15) is 5.84 Å². The van der Waals surface area contributed by atoms with Gasteiger partial charge in [0.2, 0.25) is 0 Å². The Hall–Kier alpha value is -2.90. The molecule has 0 atom stereocenters. The minimum Gasteiger partial charge on any atom is -0.344 e. The average Bonchev–Trinajstić information content (AvgIpc) is 3.44. The van der Waals surface area contributed by atoms with E-state index in [1.54, 1.807) is 0 Å². The Labute approximate surface area is 180 Å². The van der Waals surface area contributed by atoms with Crippen molar-refractivity contribution in [2.75, 3.05) is 17.6 Å². The Balaban J connectivity index is 1.30. The van der Waals surface area contributed by atoms with Gasteiger partial charge < -0.3 is 5.32 Å². The van der Waals surface area contributed by atoms with Crippen molar-refractivity contribution in [3.05, 3.63) is 71.5 Å². The van der Waals surface area contributed by atoms with Crippen LogP contribution in [-0.4, -0.2) is 38.5 Å². The maximum absolute atomic E-state index is 4.82. The van der Waals surface area contributed by atoms with E-state index in [2.05, 4.69) is 74.2 Å². The molecule has 3 aromatic rings. The molecular weight excluding hydrogens is 392 g/mol. The van der Waals surface area contributed by atoms with Crippen molar-refractivity contribution in [3.8, 4) is 11.1 Å². The molecule has 2 aliphatic rings. The van der Waals surface area contributed by atoms with Gasteiger partial charge in [-0.3, -0.25) is 10.1 Å². The van der Waals surface area contributed by atoms with E-state index >= 15 is 0 Å². The Bertz CT molecular complexity index is 1090. The van der Waals surface area contributed by atoms with Crippen molar-refractivity contribution in [2.24, 2.45) is 9.98 Å². The van der Waals surface area contributed by atoms with Gasteiger partial charge in [-0.1, -0.05) is 43.1 Å². The van der Waals surface area contributed by atoms with E-state index in [4.69, 9.17) is 4.99 Å². The molecule has 0 amide bonds. The van der Waals surface area contributed by atoms with E-state index in [-0.39, 0.29) is 0 Å². The summed E-state index contributed by atoms with van der Waals surface area (Å²) in [6, 6.07) is 15.0. The summed E-state index contributed by atoms with van der Waals surface area (Å²) in [4.78, 5) is 9.50. The van der Waals surface area contributed by atoms with E-state index < -0.39 is 0 Å². The summed E-state index contributed by atoms with van der Waals surface area (Å²) >= 11 is 1.90. The lowest BCUT2D eigenvalue weighted by Crippen LogP contribution is -2.20. The summed E-state index contributed by atoms with van der Waals surface area (Å²) in [5, 5.41) is 10.3. The average molecular weight is 417 g/mol. The summed E-state index contributed by atoms with van der Waals surface area (Å²) in [7, 11) is 0. The van der Waals surface area contributed by atoms with Crippen molar-refractivity contribution in [2.45, 2.75) is 26.4 Å². The van der Waals surface area contributed by atoms with Gasteiger partial charge >= 0.3 is 0 Å². The second-order valence-electron chi connectivity index (χ2n) is 7.40. The molecule has 6 nitrogen and oxygen atoms in total. The number of nitrogens with one attached hydrogen (secondary N) is 2. The largest absolute Gasteiger partial charge is 0.344 e. The van der Waals surface area contributed by atoms with Crippen LogP contribution in [0.25, 0.3) is 11.1 Å². The first-order valence-electron chi connectivity index (χ1n) is 10.3. The third-order valence-corrected chi connectivity index (χ3v) is 6.21. The number of amidine groups is 2. The monoisotopic (exact) mass is 416 g/mol. The molecule has 0 unspecified atom stereocenters. The highest BCUT2D eigenvalue weighted by Gasteiger charge is 2.20. The van der Waals surface area contributed by atoms with Gasteiger partial charge in [-0.25, -0.2) is 9.30 Å². The van der Waals surface area contributed by atoms with Crippen molar-refractivity contribution in [3.63, 3.8) is 0 Å². The van der Waals surface area contributed by atoms with Crippen LogP contribution in [0.2, 0.25) is 0 Å². The molecule has 0 aliphatic carbocycles. The Morgan fingerprint density at radius 2 is 1.87 bits per heavy atom. The number of hydrogen-bond donors (Lipinski definition) is 2. The second kappa shape index (κ2) is 8.45. The molecule has 5 rings (SSSR count). The molecule has 2 aromatic carbocycles. The van der Waals surface area contributed by atoms with E-state index in [1.165, 1.54) is 11.1 Å². The van der Waals surface area contributed by atoms with Crippen molar-refractivity contribution < 1.29 is 0 Å². The third kappa shape index (κ3) is 4.04. The van der Waals surface area contributed by atoms with Crippen LogP contribution >= 0.6 is 11.9 Å². The molecule has 0 spiro atoms. The summed E-state index contributed by atoms with van der Waals surface area (Å²) < 4.78 is 2.42. The topological polar surface area (TPSA) is 68.7 Å². The first kappa shape index (κ1) is 19.1. The third-order valence-electron chi connectivity index (χ3n) is 5.33. The molecular formula is C23H24N6S. The van der Waals surface area contributed by atoms with Crippen LogP contribution in [-0.2, 0) is 13.1 Å². The summed E-state index contributed by atoms with van der Waals surface area (Å²) in [6.07, 6.45) is 4.54. The minimum absolute atomic E-state index is 0.753. The van der Waals surface area contributed by atoms with E-state index in [0.29, 0.717) is 0 Å². The molecule has 7 heteroatoms. The first-order valence-corrected chi connectivity index (χ1v) is 11.2. The second-order valence-corrected chi connectivity index (χ2v) is 8.75. The lowest BCUT2D eigenvalue weighted by Gasteiger charge is -2.15. The molecule has 3 heterocycles. The summed E-state index contributed by atoms with van der Waals surface area (Å²) in [5.74, 6) is 2.89. The number of nitrogens with zero attached hydrogens (tertiary/aromatic N) is 4. The van der Waals surface area contributed by atoms with Crippen LogP contribution in [0.15, 0.2) is 64.8 Å². The maximum Gasteiger partial charge on any atom is 0.156 e. The normalized spacial score (nSPS) is 16.2. The van der Waals surface area contributed by atoms with Gasteiger partial charge in [0.15, 0.2) is 5.84 Å². The van der Waals surface area contributed by atoms with Crippen molar-refractivity contribution >= 4 is 29.3 Å². The zero-order valence-corrected chi connectivity index (χ0v) is 17.7. The van der Waals surface area contributed by atoms with Crippen LogP contribution in [0.5, 0.6) is 0 Å². The predicted octanol–water partition coefficient (Wildman–Crippen LogP) is 4.72. The Morgan fingerprint density at radius 3 is 2.67 bits per heavy atom. The van der Waals surface area contributed by atoms with Gasteiger partial charge in [-0.15, -0.1) is 0 Å². The number of aromatic nitrogens is 2. The van der Waals surface area contributed by atoms with Crippen LogP contribution in [0.3, 0.4) is 0 Å². The molecule has 30 heavy (non-hydrogen) atoms. The van der Waals surface area contributed by atoms with Gasteiger partial charge in [-0.2, -0.15) is 5.10 Å². The molecule has 0 radical (unpaired) electrons. The number of aliphatic imine (C=N–C) groups is 2. The summed E-state index contributed by atoms with van der Waals surface area (Å²) in [6.45, 7) is 4.96. The molecule has 1 aromatic heterocycles. The van der Waals surface area contributed by atoms with Crippen molar-refractivity contribution in [1.29, 1.82) is 0 Å². The fourth-order valence-electron chi connectivity index (χ4n) is 3.83. The number of rotatable bonds is 5. The van der Waals surface area contributed by atoms with Gasteiger partial charge in [0.25, 0.3) is 0 Å². The number of anilines is 1. The number of aromatic amines is 1. The molecule has 0 bridgehead atoms. The van der Waals surface area contributed by atoms with E-state index in [1.807, 2.05) is 24.3 Å². The zero-order chi connectivity index (χ0) is 20.3. The molecule has 152 valence electrons. The van der Waals surface area contributed by atoms with Crippen LogP contribution < -0.4 is 5.32 Å². The van der Waals surface area contributed by atoms with Gasteiger partial charge in [0.05, 0.1) is 6.20 Å². The standard InChI is InChI=1S/C23H24N6S/c1-2-30-29-14-18-4-3-17(11-19(18)15-29)23-24-10-9-22(28-23)27-21-7-5-16(6-8-21)20-12-25-26-13-20/h3-8,11-13H,2,9-10,14-15H2,1H3,(H,25,26)(H,24,27,28). The smallest absolute Gasteiger partial charge is 0.156 e. The molecule has 0 saturated heterocycles. The van der Waals surface area contributed by atoms with Crippen LogP contribution in [0.4, 0.5) is 5.69 Å². The van der Waals surface area contributed by atoms with E-state index in [0.717, 1.165) is 65.9 Å². The molecule has 2 aliphatic heterocycles. The minimum atomic E-state index is 0.753.